The quantitative estimate of drug-likeness (QED) is 0.584. The topological polar surface area (TPSA) is 55.2 Å². The molecule has 86 valence electrons. The van der Waals surface area contributed by atoms with E-state index in [4.69, 9.17) is 0 Å². The molecule has 0 radical (unpaired) electrons. The van der Waals surface area contributed by atoms with Gasteiger partial charge in [-0.3, -0.25) is 10.1 Å². The molecule has 0 aliphatic carbocycles. The number of benzene rings is 1. The molecule has 1 heterocycles. The highest BCUT2D eigenvalue weighted by Crippen LogP contribution is 2.35. The maximum absolute atomic E-state index is 10.7. The summed E-state index contributed by atoms with van der Waals surface area (Å²) in [7, 11) is 0. The van der Waals surface area contributed by atoms with Gasteiger partial charge in [0, 0.05) is 23.9 Å². The molecule has 4 nitrogen and oxygen atoms in total. The fraction of sp³-hybridized carbons (Fsp3) is 0.500. The normalized spacial score (nSPS) is 19.1. The first-order chi connectivity index (χ1) is 7.38. The van der Waals surface area contributed by atoms with Crippen LogP contribution in [-0.4, -0.2) is 11.0 Å². The van der Waals surface area contributed by atoms with Gasteiger partial charge < -0.3 is 5.32 Å². The number of fused-ring (bicyclic) bond motifs is 1. The molecule has 0 spiro atoms. The largest absolute Gasteiger partial charge is 0.381 e. The van der Waals surface area contributed by atoms with Crippen molar-refractivity contribution in [2.24, 2.45) is 5.41 Å². The Hall–Kier alpha value is -1.58. The van der Waals surface area contributed by atoms with Gasteiger partial charge in [0.05, 0.1) is 4.92 Å². The van der Waals surface area contributed by atoms with Crippen molar-refractivity contribution in [3.63, 3.8) is 0 Å². The first-order valence-electron chi connectivity index (χ1n) is 5.42. The van der Waals surface area contributed by atoms with Gasteiger partial charge in [0.15, 0.2) is 0 Å². The highest BCUT2D eigenvalue weighted by molar-refractivity contribution is 5.60. The minimum Gasteiger partial charge on any atom is -0.381 e. The van der Waals surface area contributed by atoms with Crippen LogP contribution in [0.1, 0.15) is 26.3 Å². The Morgan fingerprint density at radius 3 is 2.69 bits per heavy atom. The summed E-state index contributed by atoms with van der Waals surface area (Å²) >= 11 is 0. The lowest BCUT2D eigenvalue weighted by Gasteiger charge is -2.27. The Kier molecular flexibility index (Phi) is 2.37. The van der Waals surface area contributed by atoms with Gasteiger partial charge in [-0.05, 0) is 23.5 Å². The zero-order valence-corrected chi connectivity index (χ0v) is 9.78. The first-order valence-corrected chi connectivity index (χ1v) is 5.42. The van der Waals surface area contributed by atoms with Crippen LogP contribution in [0.3, 0.4) is 0 Å². The van der Waals surface area contributed by atoms with Crippen molar-refractivity contribution in [2.75, 3.05) is 5.32 Å². The third kappa shape index (κ3) is 1.87. The zero-order chi connectivity index (χ0) is 11.9. The van der Waals surface area contributed by atoms with Crippen molar-refractivity contribution in [1.29, 1.82) is 0 Å². The molecule has 0 bridgehead atoms. The number of nitro groups is 1. The molecule has 1 N–H and O–H groups in total. The molecule has 1 aliphatic rings. The smallest absolute Gasteiger partial charge is 0.269 e. The fourth-order valence-corrected chi connectivity index (χ4v) is 1.98. The minimum absolute atomic E-state index is 0.161. The fourth-order valence-electron chi connectivity index (χ4n) is 1.98. The molecule has 0 fully saturated rings. The molecule has 1 unspecified atom stereocenters. The van der Waals surface area contributed by atoms with Gasteiger partial charge in [-0.15, -0.1) is 0 Å². The van der Waals surface area contributed by atoms with Crippen LogP contribution in [-0.2, 0) is 6.42 Å². The average Bonchev–Trinajstić information content (AvgIpc) is 2.58. The lowest BCUT2D eigenvalue weighted by atomic mass is 9.85. The number of rotatable bonds is 1. The van der Waals surface area contributed by atoms with Gasteiger partial charge in [0.1, 0.15) is 0 Å². The van der Waals surface area contributed by atoms with Crippen molar-refractivity contribution in [1.82, 2.24) is 0 Å². The van der Waals surface area contributed by atoms with Crippen LogP contribution in [0.4, 0.5) is 11.4 Å². The summed E-state index contributed by atoms with van der Waals surface area (Å²) < 4.78 is 0. The minimum atomic E-state index is -0.343. The maximum atomic E-state index is 10.7. The zero-order valence-electron chi connectivity index (χ0n) is 9.78. The third-order valence-electron chi connectivity index (χ3n) is 3.10. The van der Waals surface area contributed by atoms with Gasteiger partial charge in [-0.1, -0.05) is 20.8 Å². The molecule has 1 aromatic carbocycles. The lowest BCUT2D eigenvalue weighted by Crippen LogP contribution is -2.31. The molecule has 0 saturated carbocycles. The summed E-state index contributed by atoms with van der Waals surface area (Å²) in [5.41, 5.74) is 2.42. The van der Waals surface area contributed by atoms with Crippen molar-refractivity contribution in [2.45, 2.75) is 33.2 Å². The summed E-state index contributed by atoms with van der Waals surface area (Å²) in [6.07, 6.45) is 0.862. The van der Waals surface area contributed by atoms with E-state index in [0.29, 0.717) is 6.04 Å². The van der Waals surface area contributed by atoms with Crippen LogP contribution >= 0.6 is 0 Å². The van der Waals surface area contributed by atoms with Crippen LogP contribution in [0.25, 0.3) is 0 Å². The second-order valence-electron chi connectivity index (χ2n) is 5.37. The van der Waals surface area contributed by atoms with E-state index < -0.39 is 0 Å². The number of hydrogen-bond acceptors (Lipinski definition) is 3. The van der Waals surface area contributed by atoms with E-state index in [2.05, 4.69) is 26.1 Å². The number of anilines is 1. The van der Waals surface area contributed by atoms with E-state index in [1.807, 2.05) is 0 Å². The Bertz CT molecular complexity index is 435. The predicted molar refractivity (Wildman–Crippen MR) is 63.7 cm³/mol. The highest BCUT2D eigenvalue weighted by atomic mass is 16.6. The Morgan fingerprint density at radius 2 is 2.12 bits per heavy atom. The van der Waals surface area contributed by atoms with Gasteiger partial charge in [-0.2, -0.15) is 0 Å². The highest BCUT2D eigenvalue weighted by Gasteiger charge is 2.31. The summed E-state index contributed by atoms with van der Waals surface area (Å²) in [6.45, 7) is 6.51. The van der Waals surface area contributed by atoms with Crippen molar-refractivity contribution < 1.29 is 4.92 Å². The summed E-state index contributed by atoms with van der Waals surface area (Å²) in [5.74, 6) is 0. The molecule has 16 heavy (non-hydrogen) atoms. The Balaban J connectivity index is 2.28. The summed E-state index contributed by atoms with van der Waals surface area (Å²) in [5, 5.41) is 14.1. The number of non-ortho nitro benzene ring substituents is 1. The van der Waals surface area contributed by atoms with E-state index >= 15 is 0 Å². The van der Waals surface area contributed by atoms with Crippen LogP contribution in [0, 0.1) is 15.5 Å². The standard InChI is InChI=1S/C12H16N2O2/c1-12(2,3)11-7-8-6-9(14(15)16)4-5-10(8)13-11/h4-6,11,13H,7H2,1-3H3. The van der Waals surface area contributed by atoms with Gasteiger partial charge in [0.25, 0.3) is 5.69 Å². The molecule has 2 rings (SSSR count). The molecule has 0 amide bonds. The molecular formula is C12H16N2O2. The van der Waals surface area contributed by atoms with E-state index in [0.717, 1.165) is 17.7 Å². The van der Waals surface area contributed by atoms with E-state index in [9.17, 15) is 10.1 Å². The molecule has 0 saturated heterocycles. The Labute approximate surface area is 94.8 Å². The summed E-state index contributed by atoms with van der Waals surface area (Å²) in [4.78, 5) is 10.3. The van der Waals surface area contributed by atoms with Gasteiger partial charge in [-0.25, -0.2) is 0 Å². The van der Waals surface area contributed by atoms with Crippen LogP contribution < -0.4 is 5.32 Å². The average molecular weight is 220 g/mol. The number of nitro benzene ring substituents is 1. The Morgan fingerprint density at radius 1 is 1.44 bits per heavy atom. The van der Waals surface area contributed by atoms with Crippen molar-refractivity contribution in [3.05, 3.63) is 33.9 Å². The molecule has 4 heteroatoms. The lowest BCUT2D eigenvalue weighted by molar-refractivity contribution is -0.384. The van der Waals surface area contributed by atoms with E-state index in [-0.39, 0.29) is 16.0 Å². The number of hydrogen-bond donors (Lipinski definition) is 1. The second-order valence-corrected chi connectivity index (χ2v) is 5.37. The van der Waals surface area contributed by atoms with E-state index in [1.54, 1.807) is 18.2 Å². The molecule has 1 aliphatic heterocycles. The first kappa shape index (κ1) is 10.9. The number of nitrogens with zero attached hydrogens (tertiary/aromatic N) is 1. The van der Waals surface area contributed by atoms with E-state index in [1.165, 1.54) is 0 Å². The maximum Gasteiger partial charge on any atom is 0.269 e. The van der Waals surface area contributed by atoms with Gasteiger partial charge >= 0.3 is 0 Å². The third-order valence-corrected chi connectivity index (χ3v) is 3.10. The van der Waals surface area contributed by atoms with Crippen LogP contribution in [0.15, 0.2) is 18.2 Å². The van der Waals surface area contributed by atoms with Crippen LogP contribution in [0.5, 0.6) is 0 Å². The van der Waals surface area contributed by atoms with Crippen LogP contribution in [0.2, 0.25) is 0 Å². The van der Waals surface area contributed by atoms with Gasteiger partial charge in [0.2, 0.25) is 0 Å². The molecular weight excluding hydrogens is 204 g/mol. The van der Waals surface area contributed by atoms with Crippen molar-refractivity contribution in [3.8, 4) is 0 Å². The monoisotopic (exact) mass is 220 g/mol. The summed E-state index contributed by atoms with van der Waals surface area (Å²) in [6, 6.07) is 5.38. The SMILES string of the molecule is CC(C)(C)C1Cc2cc([N+](=O)[O-])ccc2N1. The molecule has 0 aromatic heterocycles. The van der Waals surface area contributed by atoms with Crippen molar-refractivity contribution >= 4 is 11.4 Å². The number of nitrogens with one attached hydrogen (secondary N) is 1. The molecule has 1 atom stereocenters. The molecule has 1 aromatic rings. The predicted octanol–water partition coefficient (Wildman–Crippen LogP) is 2.98. The second kappa shape index (κ2) is 3.47.